The maximum absolute atomic E-state index is 12.8. The molecule has 176 valence electrons. The highest BCUT2D eigenvalue weighted by molar-refractivity contribution is 5.98. The smallest absolute Gasteiger partial charge is 0.407 e. The molecule has 0 spiro atoms. The van der Waals surface area contributed by atoms with Gasteiger partial charge in [0.15, 0.2) is 0 Å². The van der Waals surface area contributed by atoms with Gasteiger partial charge < -0.3 is 25.4 Å². The van der Waals surface area contributed by atoms with Crippen molar-refractivity contribution in [1.29, 1.82) is 0 Å². The largest absolute Gasteiger partial charge is 0.465 e. The third kappa shape index (κ3) is 6.52. The van der Waals surface area contributed by atoms with Gasteiger partial charge in [0.25, 0.3) is 11.8 Å². The molecule has 0 bridgehead atoms. The van der Waals surface area contributed by atoms with Crippen LogP contribution in [0.5, 0.6) is 0 Å². The van der Waals surface area contributed by atoms with Crippen molar-refractivity contribution < 1.29 is 24.2 Å². The van der Waals surface area contributed by atoms with Crippen molar-refractivity contribution >= 4 is 17.9 Å². The van der Waals surface area contributed by atoms with Crippen LogP contribution in [-0.2, 0) is 4.74 Å². The second-order valence-corrected chi connectivity index (χ2v) is 8.00. The normalized spacial score (nSPS) is 16.7. The number of ether oxygens (including phenoxy) is 1. The number of carbonyl (C=O) groups is 3. The number of nitrogens with one attached hydrogen (secondary N) is 2. The third-order valence-electron chi connectivity index (χ3n) is 5.71. The fourth-order valence-corrected chi connectivity index (χ4v) is 3.76. The second kappa shape index (κ2) is 11.4. The molecule has 9 nitrogen and oxygen atoms in total. The molecule has 1 aliphatic rings. The van der Waals surface area contributed by atoms with Crippen molar-refractivity contribution in [1.82, 2.24) is 20.5 Å². The average Bonchev–Trinajstić information content (AvgIpc) is 2.85. The summed E-state index contributed by atoms with van der Waals surface area (Å²) in [4.78, 5) is 42.0. The van der Waals surface area contributed by atoms with Gasteiger partial charge in [0.2, 0.25) is 0 Å². The molecule has 33 heavy (non-hydrogen) atoms. The number of morpholine rings is 1. The molecule has 0 radical (unpaired) electrons. The van der Waals surface area contributed by atoms with Crippen LogP contribution in [0.1, 0.15) is 57.8 Å². The molecule has 2 heterocycles. The van der Waals surface area contributed by atoms with Crippen molar-refractivity contribution in [3.63, 3.8) is 0 Å². The van der Waals surface area contributed by atoms with Gasteiger partial charge in [-0.2, -0.15) is 0 Å². The summed E-state index contributed by atoms with van der Waals surface area (Å²) in [5.41, 5.74) is 2.23. The summed E-state index contributed by atoms with van der Waals surface area (Å²) in [5, 5.41) is 14.6. The molecule has 1 aromatic carbocycles. The van der Waals surface area contributed by atoms with Gasteiger partial charge in [-0.15, -0.1) is 0 Å². The van der Waals surface area contributed by atoms with Gasteiger partial charge in [-0.1, -0.05) is 37.3 Å². The Morgan fingerprint density at radius 2 is 1.97 bits per heavy atom. The highest BCUT2D eigenvalue weighted by Gasteiger charge is 2.23. The maximum Gasteiger partial charge on any atom is 0.407 e. The standard InChI is InChI=1S/C24H30N4O5/c1-16(17-7-4-3-5-8-17)20-13-18(14-21(27-20)23(30)25-2)22(29)26-10-6-9-19-15-28(24(31)32)11-12-33-19/h3-5,7-8,13-14,16,19H,6,9-12,15H2,1-2H3,(H,25,30)(H,26,29)(H,31,32). The Labute approximate surface area is 193 Å². The lowest BCUT2D eigenvalue weighted by molar-refractivity contribution is -0.0259. The van der Waals surface area contributed by atoms with Gasteiger partial charge in [-0.05, 0) is 30.5 Å². The maximum atomic E-state index is 12.8. The van der Waals surface area contributed by atoms with Gasteiger partial charge in [-0.3, -0.25) is 9.59 Å². The number of carbonyl (C=O) groups excluding carboxylic acids is 2. The number of nitrogens with zero attached hydrogens (tertiary/aromatic N) is 2. The average molecular weight is 455 g/mol. The molecule has 1 aliphatic heterocycles. The van der Waals surface area contributed by atoms with Crippen molar-refractivity contribution in [2.24, 2.45) is 0 Å². The zero-order valence-electron chi connectivity index (χ0n) is 18.9. The van der Waals surface area contributed by atoms with Crippen LogP contribution >= 0.6 is 0 Å². The fourth-order valence-electron chi connectivity index (χ4n) is 3.76. The molecule has 1 aromatic heterocycles. The number of aromatic nitrogens is 1. The minimum atomic E-state index is -0.943. The summed E-state index contributed by atoms with van der Waals surface area (Å²) in [5.74, 6) is -0.743. The van der Waals surface area contributed by atoms with E-state index in [9.17, 15) is 14.4 Å². The highest BCUT2D eigenvalue weighted by Crippen LogP contribution is 2.23. The molecule has 2 unspecified atom stereocenters. The molecule has 3 amide bonds. The van der Waals surface area contributed by atoms with E-state index in [0.717, 1.165) is 5.56 Å². The zero-order valence-corrected chi connectivity index (χ0v) is 18.9. The highest BCUT2D eigenvalue weighted by atomic mass is 16.5. The molecule has 3 rings (SSSR count). The lowest BCUT2D eigenvalue weighted by Gasteiger charge is -2.31. The predicted molar refractivity (Wildman–Crippen MR) is 122 cm³/mol. The van der Waals surface area contributed by atoms with E-state index in [0.29, 0.717) is 50.3 Å². The molecule has 2 aromatic rings. The minimum absolute atomic E-state index is 0.0945. The Balaban J connectivity index is 1.64. The number of rotatable bonds is 8. The predicted octanol–water partition coefficient (Wildman–Crippen LogP) is 2.48. The summed E-state index contributed by atoms with van der Waals surface area (Å²) >= 11 is 0. The Morgan fingerprint density at radius 3 is 2.67 bits per heavy atom. The monoisotopic (exact) mass is 454 g/mol. The molecule has 2 atom stereocenters. The van der Waals surface area contributed by atoms with Crippen LogP contribution < -0.4 is 10.6 Å². The number of hydrogen-bond acceptors (Lipinski definition) is 5. The summed E-state index contributed by atoms with van der Waals surface area (Å²) in [6.45, 7) is 3.49. The molecule has 0 saturated carbocycles. The number of amides is 3. The molecule has 9 heteroatoms. The van der Waals surface area contributed by atoms with Crippen LogP contribution in [0.25, 0.3) is 0 Å². The zero-order chi connectivity index (χ0) is 23.8. The van der Waals surface area contributed by atoms with E-state index < -0.39 is 6.09 Å². The summed E-state index contributed by atoms with van der Waals surface area (Å²) in [7, 11) is 1.52. The fraction of sp³-hybridized carbons (Fsp3) is 0.417. The first kappa shape index (κ1) is 24.2. The first-order valence-electron chi connectivity index (χ1n) is 11.1. The molecule has 0 aliphatic carbocycles. The summed E-state index contributed by atoms with van der Waals surface area (Å²) < 4.78 is 5.62. The third-order valence-corrected chi connectivity index (χ3v) is 5.71. The van der Waals surface area contributed by atoms with Crippen molar-refractivity contribution in [3.8, 4) is 0 Å². The minimum Gasteiger partial charge on any atom is -0.465 e. The van der Waals surface area contributed by atoms with E-state index in [1.807, 2.05) is 37.3 Å². The lowest BCUT2D eigenvalue weighted by Crippen LogP contribution is -2.45. The van der Waals surface area contributed by atoms with Crippen LogP contribution in [0, 0.1) is 0 Å². The van der Waals surface area contributed by atoms with Gasteiger partial charge in [-0.25, -0.2) is 9.78 Å². The quantitative estimate of drug-likeness (QED) is 0.527. The Kier molecular flexibility index (Phi) is 8.37. The Morgan fingerprint density at radius 1 is 1.21 bits per heavy atom. The molecular weight excluding hydrogens is 424 g/mol. The van der Waals surface area contributed by atoms with Crippen LogP contribution in [0.4, 0.5) is 4.79 Å². The van der Waals surface area contributed by atoms with Crippen molar-refractivity contribution in [3.05, 3.63) is 65.0 Å². The first-order valence-corrected chi connectivity index (χ1v) is 11.1. The molecular formula is C24H30N4O5. The van der Waals surface area contributed by atoms with Gasteiger partial charge in [0, 0.05) is 37.3 Å². The topological polar surface area (TPSA) is 121 Å². The Hall–Kier alpha value is -3.46. The second-order valence-electron chi connectivity index (χ2n) is 8.00. The summed E-state index contributed by atoms with van der Waals surface area (Å²) in [6.07, 6.45) is 0.164. The van der Waals surface area contributed by atoms with Crippen molar-refractivity contribution in [2.45, 2.75) is 31.8 Å². The van der Waals surface area contributed by atoms with E-state index in [1.165, 1.54) is 18.0 Å². The van der Waals surface area contributed by atoms with Gasteiger partial charge in [0.05, 0.1) is 19.3 Å². The van der Waals surface area contributed by atoms with Crippen LogP contribution in [0.2, 0.25) is 0 Å². The van der Waals surface area contributed by atoms with Crippen molar-refractivity contribution in [2.75, 3.05) is 33.3 Å². The van der Waals surface area contributed by atoms with E-state index in [-0.39, 0.29) is 29.5 Å². The van der Waals surface area contributed by atoms with E-state index in [2.05, 4.69) is 15.6 Å². The number of hydrogen-bond donors (Lipinski definition) is 3. The van der Waals surface area contributed by atoms with Crippen LogP contribution in [0.3, 0.4) is 0 Å². The lowest BCUT2D eigenvalue weighted by atomic mass is 9.96. The molecule has 1 saturated heterocycles. The van der Waals surface area contributed by atoms with Crippen LogP contribution in [0.15, 0.2) is 42.5 Å². The number of pyridine rings is 1. The Bertz CT molecular complexity index is 982. The number of benzene rings is 1. The summed E-state index contributed by atoms with van der Waals surface area (Å²) in [6, 6.07) is 13.0. The number of carboxylic acid groups (broad SMARTS) is 1. The molecule has 1 fully saturated rings. The van der Waals surface area contributed by atoms with E-state index in [4.69, 9.17) is 9.84 Å². The molecule has 3 N–H and O–H groups in total. The van der Waals surface area contributed by atoms with Gasteiger partial charge in [0.1, 0.15) is 5.69 Å². The van der Waals surface area contributed by atoms with Gasteiger partial charge >= 0.3 is 6.09 Å². The van der Waals surface area contributed by atoms with Crippen LogP contribution in [-0.4, -0.2) is 72.3 Å². The first-order chi connectivity index (χ1) is 15.9. The SMILES string of the molecule is CNC(=O)c1cc(C(=O)NCCCC2CN(C(=O)O)CCO2)cc(C(C)c2ccccc2)n1. The van der Waals surface area contributed by atoms with E-state index >= 15 is 0 Å². The van der Waals surface area contributed by atoms with E-state index in [1.54, 1.807) is 6.07 Å².